The molecule has 0 unspecified atom stereocenters. The Balaban J connectivity index is 0.000000921. The van der Waals surface area contributed by atoms with E-state index in [4.69, 9.17) is 0 Å². The van der Waals surface area contributed by atoms with Gasteiger partial charge in [-0.25, -0.2) is 17.6 Å². The second kappa shape index (κ2) is 6.27. The maximum Gasteiger partial charge on any atom is 0.185 e. The molecule has 0 atom stereocenters. The minimum atomic E-state index is -1.41. The predicted octanol–water partition coefficient (Wildman–Crippen LogP) is 3.70. The van der Waals surface area contributed by atoms with E-state index in [-0.39, 0.29) is 12.6 Å². The molecule has 0 saturated heterocycles. The van der Waals surface area contributed by atoms with E-state index in [2.05, 4.69) is 5.32 Å². The lowest BCUT2D eigenvalue weighted by atomic mass is 10.2. The second-order valence-electron chi connectivity index (χ2n) is 2.37. The van der Waals surface area contributed by atoms with E-state index < -0.39 is 29.0 Å². The molecule has 5 heteroatoms. The van der Waals surface area contributed by atoms with Gasteiger partial charge in [-0.3, -0.25) is 0 Å². The molecule has 0 spiro atoms. The van der Waals surface area contributed by atoms with Crippen LogP contribution in [0.15, 0.2) is 6.07 Å². The summed E-state index contributed by atoms with van der Waals surface area (Å²) in [5.41, 5.74) is -0.764. The van der Waals surface area contributed by atoms with Crippen molar-refractivity contribution < 1.29 is 17.6 Å². The van der Waals surface area contributed by atoms with Gasteiger partial charge < -0.3 is 5.32 Å². The number of hydrogen-bond acceptors (Lipinski definition) is 1. The van der Waals surface area contributed by atoms with E-state index in [9.17, 15) is 17.6 Å². The summed E-state index contributed by atoms with van der Waals surface area (Å²) in [6.45, 7) is 5.73. The molecule has 0 heterocycles. The molecule has 1 aromatic carbocycles. The first-order valence-electron chi connectivity index (χ1n) is 4.64. The van der Waals surface area contributed by atoms with Crippen LogP contribution >= 0.6 is 0 Å². The monoisotopic (exact) mass is 223 g/mol. The van der Waals surface area contributed by atoms with Crippen LogP contribution in [0.25, 0.3) is 0 Å². The Morgan fingerprint density at radius 1 is 1.00 bits per heavy atom. The van der Waals surface area contributed by atoms with Gasteiger partial charge in [-0.2, -0.15) is 0 Å². The molecular formula is C10H13F4N. The molecule has 0 saturated carbocycles. The van der Waals surface area contributed by atoms with Gasteiger partial charge in [0.15, 0.2) is 23.3 Å². The van der Waals surface area contributed by atoms with Crippen molar-refractivity contribution in [1.29, 1.82) is 0 Å². The lowest BCUT2D eigenvalue weighted by Gasteiger charge is -2.07. The van der Waals surface area contributed by atoms with E-state index in [1.165, 1.54) is 0 Å². The molecule has 0 fully saturated rings. The van der Waals surface area contributed by atoms with Crippen LogP contribution in [-0.4, -0.2) is 6.54 Å². The number of nitrogens with one attached hydrogen (secondary N) is 1. The summed E-state index contributed by atoms with van der Waals surface area (Å²) in [5.74, 6) is -5.62. The van der Waals surface area contributed by atoms with Crippen LogP contribution in [0, 0.1) is 23.3 Å². The minimum absolute atomic E-state index is 0.172. The van der Waals surface area contributed by atoms with Crippen LogP contribution in [0.1, 0.15) is 20.8 Å². The summed E-state index contributed by atoms with van der Waals surface area (Å²) in [6.07, 6.45) is 0. The van der Waals surface area contributed by atoms with Crippen molar-refractivity contribution in [3.05, 3.63) is 29.3 Å². The van der Waals surface area contributed by atoms with Crippen molar-refractivity contribution in [2.75, 3.05) is 11.9 Å². The molecule has 15 heavy (non-hydrogen) atoms. The van der Waals surface area contributed by atoms with Gasteiger partial charge in [0.25, 0.3) is 0 Å². The zero-order valence-corrected chi connectivity index (χ0v) is 8.80. The van der Waals surface area contributed by atoms with Crippen LogP contribution < -0.4 is 5.32 Å². The van der Waals surface area contributed by atoms with Crippen molar-refractivity contribution >= 4 is 5.69 Å². The fourth-order valence-electron chi connectivity index (χ4n) is 0.905. The van der Waals surface area contributed by atoms with Crippen LogP contribution in [0.3, 0.4) is 0 Å². The first-order valence-corrected chi connectivity index (χ1v) is 4.64. The molecule has 86 valence electrons. The van der Waals surface area contributed by atoms with Gasteiger partial charge in [0.2, 0.25) is 0 Å². The summed E-state index contributed by atoms with van der Waals surface area (Å²) in [4.78, 5) is 0. The van der Waals surface area contributed by atoms with E-state index in [1.807, 2.05) is 13.8 Å². The minimum Gasteiger partial charge on any atom is -0.380 e. The molecule has 1 rings (SSSR count). The Kier molecular flexibility index (Phi) is 5.74. The molecule has 1 N–H and O–H groups in total. The maximum absolute atomic E-state index is 12.8. The average molecular weight is 223 g/mol. The normalized spacial score (nSPS) is 9.27. The van der Waals surface area contributed by atoms with E-state index in [1.54, 1.807) is 6.92 Å². The predicted molar refractivity (Wildman–Crippen MR) is 51.8 cm³/mol. The molecule has 0 aliphatic heterocycles. The summed E-state index contributed by atoms with van der Waals surface area (Å²) >= 11 is 0. The second-order valence-corrected chi connectivity index (χ2v) is 2.37. The number of benzene rings is 1. The van der Waals surface area contributed by atoms with Gasteiger partial charge >= 0.3 is 0 Å². The zero-order chi connectivity index (χ0) is 12.0. The molecule has 0 aliphatic rings. The fourth-order valence-corrected chi connectivity index (χ4v) is 0.905. The number of rotatable bonds is 2. The van der Waals surface area contributed by atoms with Gasteiger partial charge in [0.05, 0.1) is 0 Å². The Morgan fingerprint density at radius 2 is 1.40 bits per heavy atom. The number of halogens is 4. The first kappa shape index (κ1) is 13.7. The van der Waals surface area contributed by atoms with Crippen molar-refractivity contribution in [2.45, 2.75) is 20.8 Å². The first-order chi connectivity index (χ1) is 7.07. The van der Waals surface area contributed by atoms with E-state index in [0.29, 0.717) is 0 Å². The van der Waals surface area contributed by atoms with Gasteiger partial charge in [0.1, 0.15) is 5.69 Å². The fraction of sp³-hybridized carbons (Fsp3) is 0.400. The van der Waals surface area contributed by atoms with E-state index >= 15 is 0 Å². The third-order valence-electron chi connectivity index (χ3n) is 1.47. The third-order valence-corrected chi connectivity index (χ3v) is 1.47. The molecule has 0 aliphatic carbocycles. The van der Waals surface area contributed by atoms with Crippen LogP contribution in [0.4, 0.5) is 23.2 Å². The average Bonchev–Trinajstić information content (AvgIpc) is 2.24. The lowest BCUT2D eigenvalue weighted by molar-refractivity contribution is 0.458. The smallest absolute Gasteiger partial charge is 0.185 e. The highest BCUT2D eigenvalue weighted by molar-refractivity contribution is 5.47. The molecule has 0 aromatic heterocycles. The quantitative estimate of drug-likeness (QED) is 0.595. The molecular weight excluding hydrogens is 210 g/mol. The molecule has 0 amide bonds. The van der Waals surface area contributed by atoms with Gasteiger partial charge in [-0.05, 0) is 6.92 Å². The molecule has 0 radical (unpaired) electrons. The maximum atomic E-state index is 12.8. The van der Waals surface area contributed by atoms with Crippen LogP contribution in [0.2, 0.25) is 0 Å². The summed E-state index contributed by atoms with van der Waals surface area (Å²) in [7, 11) is 0. The largest absolute Gasteiger partial charge is 0.380 e. The van der Waals surface area contributed by atoms with Crippen LogP contribution in [-0.2, 0) is 0 Å². The SMILES string of the molecule is CC.CCNc1c(F)c(F)cc(F)c1F. The Labute approximate surface area is 86.1 Å². The highest BCUT2D eigenvalue weighted by atomic mass is 19.2. The van der Waals surface area contributed by atoms with Crippen molar-refractivity contribution in [1.82, 2.24) is 0 Å². The molecule has 0 bridgehead atoms. The van der Waals surface area contributed by atoms with E-state index in [0.717, 1.165) is 0 Å². The Morgan fingerprint density at radius 3 is 1.73 bits per heavy atom. The van der Waals surface area contributed by atoms with Crippen molar-refractivity contribution in [2.24, 2.45) is 0 Å². The third kappa shape index (κ3) is 3.11. The lowest BCUT2D eigenvalue weighted by Crippen LogP contribution is -2.06. The Bertz CT molecular complexity index is 299. The zero-order valence-electron chi connectivity index (χ0n) is 8.80. The van der Waals surface area contributed by atoms with Gasteiger partial charge in [0, 0.05) is 12.6 Å². The highest BCUT2D eigenvalue weighted by Crippen LogP contribution is 2.23. The van der Waals surface area contributed by atoms with Gasteiger partial charge in [-0.15, -0.1) is 0 Å². The van der Waals surface area contributed by atoms with Crippen molar-refractivity contribution in [3.8, 4) is 0 Å². The van der Waals surface area contributed by atoms with Crippen LogP contribution in [0.5, 0.6) is 0 Å². The van der Waals surface area contributed by atoms with Crippen molar-refractivity contribution in [3.63, 3.8) is 0 Å². The summed E-state index contributed by atoms with van der Waals surface area (Å²) < 4.78 is 50.6. The highest BCUT2D eigenvalue weighted by Gasteiger charge is 2.17. The van der Waals surface area contributed by atoms with Gasteiger partial charge in [-0.1, -0.05) is 13.8 Å². The molecule has 1 aromatic rings. The topological polar surface area (TPSA) is 12.0 Å². The number of anilines is 1. The summed E-state index contributed by atoms with van der Waals surface area (Å²) in [5, 5.41) is 2.20. The Hall–Kier alpha value is -1.26. The molecule has 1 nitrogen and oxygen atoms in total. The standard InChI is InChI=1S/C8H7F4N.C2H6/c1-2-13-8-6(11)4(9)3-5(10)7(8)12;1-2/h3,13H,2H2,1H3;1-2H3. The summed E-state index contributed by atoms with van der Waals surface area (Å²) in [6, 6.07) is 0.172. The number of hydrogen-bond donors (Lipinski definition) is 1.